The second-order valence-corrected chi connectivity index (χ2v) is 4.38. The Morgan fingerprint density at radius 1 is 1.30 bits per heavy atom. The van der Waals surface area contributed by atoms with Gasteiger partial charge in [-0.1, -0.05) is 30.3 Å². The SMILES string of the molecule is CCOC(=O)c1nn(COCc2ccccc2)cc1C. The molecule has 1 heterocycles. The van der Waals surface area contributed by atoms with Crippen molar-refractivity contribution in [3.63, 3.8) is 0 Å². The van der Waals surface area contributed by atoms with Crippen LogP contribution in [-0.2, 0) is 22.8 Å². The lowest BCUT2D eigenvalue weighted by Crippen LogP contribution is -2.09. The Morgan fingerprint density at radius 2 is 2.05 bits per heavy atom. The summed E-state index contributed by atoms with van der Waals surface area (Å²) in [6.45, 7) is 4.75. The van der Waals surface area contributed by atoms with Crippen molar-refractivity contribution in [3.8, 4) is 0 Å². The average Bonchev–Trinajstić information content (AvgIpc) is 2.81. The zero-order valence-corrected chi connectivity index (χ0v) is 11.7. The molecule has 0 fully saturated rings. The fourth-order valence-corrected chi connectivity index (χ4v) is 1.82. The first-order chi connectivity index (χ1) is 9.70. The highest BCUT2D eigenvalue weighted by Crippen LogP contribution is 2.08. The lowest BCUT2D eigenvalue weighted by atomic mass is 10.2. The van der Waals surface area contributed by atoms with Crippen molar-refractivity contribution in [2.24, 2.45) is 0 Å². The number of aryl methyl sites for hydroxylation is 1. The van der Waals surface area contributed by atoms with E-state index in [9.17, 15) is 4.79 Å². The highest BCUT2D eigenvalue weighted by atomic mass is 16.5. The second-order valence-electron chi connectivity index (χ2n) is 4.38. The van der Waals surface area contributed by atoms with E-state index in [4.69, 9.17) is 9.47 Å². The standard InChI is InChI=1S/C15H18N2O3/c1-3-20-15(18)14-12(2)9-17(16-14)11-19-10-13-7-5-4-6-8-13/h4-9H,3,10-11H2,1-2H3. The monoisotopic (exact) mass is 274 g/mol. The topological polar surface area (TPSA) is 53.3 Å². The maximum absolute atomic E-state index is 11.6. The van der Waals surface area contributed by atoms with E-state index < -0.39 is 5.97 Å². The van der Waals surface area contributed by atoms with E-state index in [1.54, 1.807) is 17.8 Å². The van der Waals surface area contributed by atoms with Crippen LogP contribution in [0.3, 0.4) is 0 Å². The van der Waals surface area contributed by atoms with Crippen molar-refractivity contribution in [1.82, 2.24) is 9.78 Å². The number of esters is 1. The van der Waals surface area contributed by atoms with E-state index in [1.807, 2.05) is 37.3 Å². The van der Waals surface area contributed by atoms with E-state index in [0.717, 1.165) is 11.1 Å². The molecule has 0 bridgehead atoms. The number of rotatable bonds is 6. The van der Waals surface area contributed by atoms with Gasteiger partial charge < -0.3 is 9.47 Å². The molecule has 1 aromatic carbocycles. The van der Waals surface area contributed by atoms with Crippen LogP contribution in [-0.4, -0.2) is 22.4 Å². The Kier molecular flexibility index (Phi) is 4.90. The summed E-state index contributed by atoms with van der Waals surface area (Å²) in [6, 6.07) is 9.90. The molecule has 0 spiro atoms. The van der Waals surface area contributed by atoms with Gasteiger partial charge in [-0.15, -0.1) is 0 Å². The minimum absolute atomic E-state index is 0.301. The highest BCUT2D eigenvalue weighted by molar-refractivity contribution is 5.88. The summed E-state index contributed by atoms with van der Waals surface area (Å²) in [5, 5.41) is 4.18. The smallest absolute Gasteiger partial charge is 0.359 e. The van der Waals surface area contributed by atoms with Gasteiger partial charge in [-0.2, -0.15) is 5.10 Å². The van der Waals surface area contributed by atoms with E-state index in [2.05, 4.69) is 5.10 Å². The van der Waals surface area contributed by atoms with Crippen molar-refractivity contribution in [1.29, 1.82) is 0 Å². The molecule has 2 aromatic rings. The number of hydrogen-bond donors (Lipinski definition) is 0. The molecule has 0 aliphatic carbocycles. The Morgan fingerprint density at radius 3 is 2.75 bits per heavy atom. The van der Waals surface area contributed by atoms with Gasteiger partial charge in [0.1, 0.15) is 6.73 Å². The largest absolute Gasteiger partial charge is 0.461 e. The minimum Gasteiger partial charge on any atom is -0.461 e. The first kappa shape index (κ1) is 14.3. The molecule has 0 amide bonds. The number of nitrogens with zero attached hydrogens (tertiary/aromatic N) is 2. The average molecular weight is 274 g/mol. The molecule has 0 aliphatic heterocycles. The molecule has 0 saturated heterocycles. The first-order valence-corrected chi connectivity index (χ1v) is 6.53. The third-order valence-electron chi connectivity index (χ3n) is 2.75. The van der Waals surface area contributed by atoms with Crippen LogP contribution in [0.2, 0.25) is 0 Å². The molecule has 20 heavy (non-hydrogen) atoms. The molecule has 0 atom stereocenters. The van der Waals surface area contributed by atoms with Crippen molar-refractivity contribution in [3.05, 3.63) is 53.3 Å². The Bertz CT molecular complexity index is 564. The Labute approximate surface area is 118 Å². The zero-order chi connectivity index (χ0) is 14.4. The second kappa shape index (κ2) is 6.86. The van der Waals surface area contributed by atoms with Crippen LogP contribution >= 0.6 is 0 Å². The molecule has 0 radical (unpaired) electrons. The van der Waals surface area contributed by atoms with Crippen molar-refractivity contribution in [2.75, 3.05) is 6.61 Å². The zero-order valence-electron chi connectivity index (χ0n) is 11.7. The molecule has 1 aromatic heterocycles. The van der Waals surface area contributed by atoms with Crippen LogP contribution in [0, 0.1) is 6.92 Å². The fraction of sp³-hybridized carbons (Fsp3) is 0.333. The number of carbonyl (C=O) groups excluding carboxylic acids is 1. The molecule has 5 heteroatoms. The third-order valence-corrected chi connectivity index (χ3v) is 2.75. The van der Waals surface area contributed by atoms with Gasteiger partial charge in [0.25, 0.3) is 0 Å². The van der Waals surface area contributed by atoms with Crippen LogP contribution in [0.5, 0.6) is 0 Å². The lowest BCUT2D eigenvalue weighted by Gasteiger charge is -2.04. The van der Waals surface area contributed by atoms with Gasteiger partial charge in [0.2, 0.25) is 0 Å². The molecule has 5 nitrogen and oxygen atoms in total. The predicted octanol–water partition coefficient (Wildman–Crippen LogP) is 2.54. The summed E-state index contributed by atoms with van der Waals surface area (Å²) in [6.07, 6.45) is 1.78. The number of carbonyl (C=O) groups is 1. The summed E-state index contributed by atoms with van der Waals surface area (Å²) in [5.41, 5.74) is 2.23. The van der Waals surface area contributed by atoms with Gasteiger partial charge in [0.05, 0.1) is 13.2 Å². The summed E-state index contributed by atoms with van der Waals surface area (Å²) in [7, 11) is 0. The van der Waals surface area contributed by atoms with Crippen LogP contribution < -0.4 is 0 Å². The molecular formula is C15H18N2O3. The third kappa shape index (κ3) is 3.68. The van der Waals surface area contributed by atoms with E-state index >= 15 is 0 Å². The molecule has 0 saturated carbocycles. The minimum atomic E-state index is -0.396. The number of hydrogen-bond acceptors (Lipinski definition) is 4. The lowest BCUT2D eigenvalue weighted by molar-refractivity contribution is 0.0488. The molecule has 2 rings (SSSR count). The molecule has 0 unspecified atom stereocenters. The number of benzene rings is 1. The van der Waals surface area contributed by atoms with Gasteiger partial charge in [0.15, 0.2) is 5.69 Å². The molecule has 0 aliphatic rings. The van der Waals surface area contributed by atoms with Gasteiger partial charge in [-0.05, 0) is 19.4 Å². The van der Waals surface area contributed by atoms with Gasteiger partial charge in [-0.25, -0.2) is 9.48 Å². The Hall–Kier alpha value is -2.14. The maximum atomic E-state index is 11.6. The fourth-order valence-electron chi connectivity index (χ4n) is 1.82. The first-order valence-electron chi connectivity index (χ1n) is 6.53. The number of aromatic nitrogens is 2. The summed E-state index contributed by atoms with van der Waals surface area (Å²) in [4.78, 5) is 11.6. The maximum Gasteiger partial charge on any atom is 0.359 e. The molecule has 0 N–H and O–H groups in total. The summed E-state index contributed by atoms with van der Waals surface area (Å²) >= 11 is 0. The predicted molar refractivity (Wildman–Crippen MR) is 74.2 cm³/mol. The van der Waals surface area contributed by atoms with E-state index in [1.165, 1.54) is 0 Å². The highest BCUT2D eigenvalue weighted by Gasteiger charge is 2.14. The van der Waals surface area contributed by atoms with Crippen LogP contribution in [0.4, 0.5) is 0 Å². The van der Waals surface area contributed by atoms with Gasteiger partial charge in [0, 0.05) is 11.8 Å². The van der Waals surface area contributed by atoms with Crippen LogP contribution in [0.1, 0.15) is 28.5 Å². The van der Waals surface area contributed by atoms with Gasteiger partial charge >= 0.3 is 5.97 Å². The molecule has 106 valence electrons. The normalized spacial score (nSPS) is 10.5. The Balaban J connectivity index is 1.91. The van der Waals surface area contributed by atoms with Crippen LogP contribution in [0.25, 0.3) is 0 Å². The van der Waals surface area contributed by atoms with E-state index in [-0.39, 0.29) is 0 Å². The van der Waals surface area contributed by atoms with Crippen molar-refractivity contribution in [2.45, 2.75) is 27.2 Å². The van der Waals surface area contributed by atoms with Crippen molar-refractivity contribution < 1.29 is 14.3 Å². The summed E-state index contributed by atoms with van der Waals surface area (Å²) in [5.74, 6) is -0.396. The van der Waals surface area contributed by atoms with Gasteiger partial charge in [-0.3, -0.25) is 0 Å². The van der Waals surface area contributed by atoms with Crippen molar-refractivity contribution >= 4 is 5.97 Å². The van der Waals surface area contributed by atoms with E-state index in [0.29, 0.717) is 25.6 Å². The number of ether oxygens (including phenoxy) is 2. The quantitative estimate of drug-likeness (QED) is 0.760. The van der Waals surface area contributed by atoms with Crippen LogP contribution in [0.15, 0.2) is 36.5 Å². The molecular weight excluding hydrogens is 256 g/mol. The summed E-state index contributed by atoms with van der Waals surface area (Å²) < 4.78 is 12.1.